The highest BCUT2D eigenvalue weighted by atomic mass is 32.1. The van der Waals surface area contributed by atoms with Crippen LogP contribution in [0.1, 0.15) is 17.9 Å². The Morgan fingerprint density at radius 1 is 1.11 bits per heavy atom. The number of hydrogen-bond acceptors (Lipinski definition) is 7. The summed E-state index contributed by atoms with van der Waals surface area (Å²) < 4.78 is 11.3. The molecule has 11 heteroatoms. The van der Waals surface area contributed by atoms with Crippen LogP contribution in [-0.4, -0.2) is 74.1 Å². The summed E-state index contributed by atoms with van der Waals surface area (Å²) >= 11 is 8.26. The molecule has 0 unspecified atom stereocenters. The van der Waals surface area contributed by atoms with E-state index < -0.39 is 0 Å². The van der Waals surface area contributed by atoms with Crippen LogP contribution in [0.15, 0.2) is 37.0 Å². The van der Waals surface area contributed by atoms with Crippen LogP contribution < -0.4 is 10.6 Å². The third kappa shape index (κ3) is 8.05. The number of nitrogens with zero attached hydrogens (tertiary/aromatic N) is 5. The van der Waals surface area contributed by atoms with Gasteiger partial charge in [0.2, 0.25) is 0 Å². The summed E-state index contributed by atoms with van der Waals surface area (Å²) in [5, 5.41) is 22.3. The van der Waals surface area contributed by atoms with E-state index >= 15 is 0 Å². The molecule has 1 aliphatic rings. The number of ether oxygens (including phenoxy) is 1. The largest absolute Gasteiger partial charge is 0.459 e. The summed E-state index contributed by atoms with van der Waals surface area (Å²) in [7, 11) is 3.41. The van der Waals surface area contributed by atoms with E-state index in [0.717, 1.165) is 51.4 Å². The highest BCUT2D eigenvalue weighted by molar-refractivity contribution is 7.97. The number of amidine groups is 2. The Labute approximate surface area is 176 Å². The molecule has 28 heavy (non-hydrogen) atoms. The van der Waals surface area contributed by atoms with E-state index in [4.69, 9.17) is 9.15 Å². The van der Waals surface area contributed by atoms with Crippen molar-refractivity contribution in [3.63, 3.8) is 0 Å². The third-order valence-corrected chi connectivity index (χ3v) is 4.57. The quantitative estimate of drug-likeness (QED) is 0.217. The first-order valence-corrected chi connectivity index (χ1v) is 9.91. The average Bonchev–Trinajstić information content (AvgIpc) is 3.19. The SMILES string of the molecule is CN/C(S)=N/N=C(/C=N/N=C(\S)NC)c1ccc(CCCN2CCOCC2)o1. The molecule has 1 aliphatic heterocycles. The van der Waals surface area contributed by atoms with Crippen LogP contribution in [0.3, 0.4) is 0 Å². The van der Waals surface area contributed by atoms with E-state index in [1.165, 1.54) is 6.21 Å². The predicted molar refractivity (Wildman–Crippen MR) is 120 cm³/mol. The second-order valence-corrected chi connectivity index (χ2v) is 6.75. The van der Waals surface area contributed by atoms with E-state index in [2.05, 4.69) is 61.2 Å². The Kier molecular flexibility index (Phi) is 10.1. The molecule has 1 aromatic rings. The van der Waals surface area contributed by atoms with Gasteiger partial charge in [-0.3, -0.25) is 4.90 Å². The Morgan fingerprint density at radius 2 is 1.82 bits per heavy atom. The lowest BCUT2D eigenvalue weighted by atomic mass is 10.2. The van der Waals surface area contributed by atoms with Crippen LogP contribution in [0.5, 0.6) is 0 Å². The van der Waals surface area contributed by atoms with Crippen LogP contribution >= 0.6 is 25.3 Å². The van der Waals surface area contributed by atoms with Crippen molar-refractivity contribution in [3.8, 4) is 0 Å². The summed E-state index contributed by atoms with van der Waals surface area (Å²) in [4.78, 5) is 2.41. The van der Waals surface area contributed by atoms with Gasteiger partial charge in [0.15, 0.2) is 16.1 Å². The first-order valence-electron chi connectivity index (χ1n) is 9.01. The smallest absolute Gasteiger partial charge is 0.179 e. The molecule has 0 aromatic carbocycles. The van der Waals surface area contributed by atoms with Crippen molar-refractivity contribution < 1.29 is 9.15 Å². The standard InChI is InChI=1S/C17H27N7O2S2/c1-18-16(27)22-20-12-14(21-23-17(28)19-2)15-6-5-13(26-15)4-3-7-24-8-10-25-11-9-24/h5-6,12H,3-4,7-11H2,1-2H3,(H2,18,22,27)(H2,19,23,28)/b20-12+,21-14-. The second-order valence-electron chi connectivity index (χ2n) is 5.90. The fraction of sp³-hybridized carbons (Fsp3) is 0.529. The molecular weight excluding hydrogens is 398 g/mol. The molecule has 2 rings (SSSR count). The molecular formula is C17H27N7O2S2. The molecule has 0 spiro atoms. The van der Waals surface area contributed by atoms with Gasteiger partial charge in [-0.2, -0.15) is 5.10 Å². The molecule has 2 N–H and O–H groups in total. The first-order chi connectivity index (χ1) is 13.6. The van der Waals surface area contributed by atoms with Crippen LogP contribution in [0.25, 0.3) is 0 Å². The maximum Gasteiger partial charge on any atom is 0.179 e. The number of furan rings is 1. The normalized spacial score (nSPS) is 17.4. The zero-order valence-electron chi connectivity index (χ0n) is 16.1. The highest BCUT2D eigenvalue weighted by Crippen LogP contribution is 2.12. The van der Waals surface area contributed by atoms with Gasteiger partial charge in [0, 0.05) is 33.6 Å². The monoisotopic (exact) mass is 425 g/mol. The maximum atomic E-state index is 5.92. The summed E-state index contributed by atoms with van der Waals surface area (Å²) in [6.07, 6.45) is 3.32. The van der Waals surface area contributed by atoms with E-state index in [1.54, 1.807) is 14.1 Å². The number of rotatable bonds is 8. The second kappa shape index (κ2) is 12.6. The topological polar surface area (TPSA) is 99.1 Å². The van der Waals surface area contributed by atoms with Gasteiger partial charge in [-0.1, -0.05) is 0 Å². The van der Waals surface area contributed by atoms with Crippen molar-refractivity contribution >= 4 is 47.5 Å². The summed E-state index contributed by atoms with van der Waals surface area (Å²) in [5.41, 5.74) is 0.433. The molecule has 0 aliphatic carbocycles. The van der Waals surface area contributed by atoms with Gasteiger partial charge >= 0.3 is 0 Å². The predicted octanol–water partition coefficient (Wildman–Crippen LogP) is 1.24. The van der Waals surface area contributed by atoms with Crippen molar-refractivity contribution in [2.75, 3.05) is 46.9 Å². The lowest BCUT2D eigenvalue weighted by molar-refractivity contribution is 0.0373. The molecule has 1 saturated heterocycles. The van der Waals surface area contributed by atoms with Crippen LogP contribution in [0.4, 0.5) is 0 Å². The van der Waals surface area contributed by atoms with Gasteiger partial charge in [0.25, 0.3) is 0 Å². The lowest BCUT2D eigenvalue weighted by Gasteiger charge is -2.26. The Bertz CT molecular complexity index is 725. The number of hydrogen-bond donors (Lipinski definition) is 4. The maximum absolute atomic E-state index is 5.92. The van der Waals surface area contributed by atoms with E-state index in [1.807, 2.05) is 12.1 Å². The number of morpholine rings is 1. The summed E-state index contributed by atoms with van der Waals surface area (Å²) in [6.45, 7) is 4.64. The number of thiol groups is 2. The molecule has 0 radical (unpaired) electrons. The van der Waals surface area contributed by atoms with Gasteiger partial charge < -0.3 is 19.8 Å². The van der Waals surface area contributed by atoms with Crippen molar-refractivity contribution in [1.82, 2.24) is 15.5 Å². The Balaban J connectivity index is 2.02. The molecule has 0 amide bonds. The molecule has 0 atom stereocenters. The van der Waals surface area contributed by atoms with Gasteiger partial charge in [-0.15, -0.1) is 40.6 Å². The van der Waals surface area contributed by atoms with Crippen molar-refractivity contribution in [1.29, 1.82) is 0 Å². The van der Waals surface area contributed by atoms with Crippen molar-refractivity contribution in [2.24, 2.45) is 20.4 Å². The molecule has 0 bridgehead atoms. The molecule has 9 nitrogen and oxygen atoms in total. The average molecular weight is 426 g/mol. The molecule has 154 valence electrons. The molecule has 1 aromatic heterocycles. The minimum Gasteiger partial charge on any atom is -0.459 e. The van der Waals surface area contributed by atoms with E-state index in [0.29, 0.717) is 21.8 Å². The van der Waals surface area contributed by atoms with Gasteiger partial charge in [0.1, 0.15) is 11.5 Å². The number of aryl methyl sites for hydroxylation is 1. The number of nitrogens with one attached hydrogen (secondary N) is 2. The lowest BCUT2D eigenvalue weighted by Crippen LogP contribution is -2.36. The fourth-order valence-electron chi connectivity index (χ4n) is 2.43. The third-order valence-electron chi connectivity index (χ3n) is 3.95. The molecule has 1 fully saturated rings. The zero-order valence-corrected chi connectivity index (χ0v) is 17.9. The molecule has 0 saturated carbocycles. The van der Waals surface area contributed by atoms with E-state index in [9.17, 15) is 0 Å². The minimum absolute atomic E-state index is 0.372. The Hall–Kier alpha value is -1.82. The van der Waals surface area contributed by atoms with Crippen molar-refractivity contribution in [2.45, 2.75) is 12.8 Å². The summed E-state index contributed by atoms with van der Waals surface area (Å²) in [5.74, 6) is 1.45. The van der Waals surface area contributed by atoms with Gasteiger partial charge in [-0.25, -0.2) is 0 Å². The van der Waals surface area contributed by atoms with Gasteiger partial charge in [-0.05, 0) is 25.1 Å². The minimum atomic E-state index is 0.372. The molecule has 2 heterocycles. The van der Waals surface area contributed by atoms with Crippen LogP contribution in [0.2, 0.25) is 0 Å². The highest BCUT2D eigenvalue weighted by Gasteiger charge is 2.11. The Morgan fingerprint density at radius 3 is 2.54 bits per heavy atom. The van der Waals surface area contributed by atoms with Crippen LogP contribution in [-0.2, 0) is 11.2 Å². The van der Waals surface area contributed by atoms with Crippen LogP contribution in [0, 0.1) is 0 Å². The van der Waals surface area contributed by atoms with Crippen molar-refractivity contribution in [3.05, 3.63) is 23.7 Å². The van der Waals surface area contributed by atoms with E-state index in [-0.39, 0.29) is 0 Å². The first kappa shape index (κ1) is 22.5. The van der Waals surface area contributed by atoms with Gasteiger partial charge in [0.05, 0.1) is 19.4 Å². The summed E-state index contributed by atoms with van der Waals surface area (Å²) in [6, 6.07) is 3.80. The fourth-order valence-corrected chi connectivity index (χ4v) is 2.53. The zero-order chi connectivity index (χ0) is 20.2.